The summed E-state index contributed by atoms with van der Waals surface area (Å²) in [6.45, 7) is 8.09. The number of carbonyl (C=O) groups excluding carboxylic acids is 1. The van der Waals surface area contributed by atoms with Crippen LogP contribution in [0.5, 0.6) is 11.5 Å². The van der Waals surface area contributed by atoms with Crippen molar-refractivity contribution in [3.63, 3.8) is 0 Å². The number of aliphatic imine (C=N–C) groups is 1. The molecule has 0 saturated heterocycles. The SMILES string of the molecule is CCC(CC)C(=O)/C=C(\O)C(CC)CC.[C-]1=CC2=Nc3cccc4c3B(c3ccccc3O4)N2C=C1c1ccccn1.[Ir]. The molecular formula is C35H37BIrN3O3-. The van der Waals surface area contributed by atoms with Crippen LogP contribution in [0.25, 0.3) is 5.57 Å². The van der Waals surface area contributed by atoms with Crippen LogP contribution in [0.15, 0.2) is 96.0 Å². The summed E-state index contributed by atoms with van der Waals surface area (Å²) in [7, 11) is 0. The molecule has 0 amide bonds. The van der Waals surface area contributed by atoms with E-state index >= 15 is 0 Å². The Morgan fingerprint density at radius 1 is 0.953 bits per heavy atom. The molecule has 8 heteroatoms. The standard InChI is InChI=1S/C22H13BN3O.C13H24O2.Ir/c1-2-9-19-16(6-1)23-22-18(8-5-10-20(22)27-19)25-21-12-11-15(14-26(21)23)17-7-3-4-13-24-17;1-5-10(6-2)12(14)9-13(15)11(7-3)8-4;/h1-10,12-14H;9-11,14H,5-8H2,1-4H3;/q-1;;/b;12-9-;. The molecule has 4 heterocycles. The molecule has 0 atom stereocenters. The number of pyridine rings is 1. The molecule has 6 nitrogen and oxygen atoms in total. The van der Waals surface area contributed by atoms with Crippen molar-refractivity contribution in [2.45, 2.75) is 53.4 Å². The fourth-order valence-corrected chi connectivity index (χ4v) is 5.68. The third kappa shape index (κ3) is 6.76. The van der Waals surface area contributed by atoms with Crippen LogP contribution in [0.2, 0.25) is 0 Å². The normalized spacial score (nSPS) is 14.3. The molecule has 0 fully saturated rings. The van der Waals surface area contributed by atoms with E-state index in [1.165, 1.54) is 6.08 Å². The summed E-state index contributed by atoms with van der Waals surface area (Å²) in [5, 5.41) is 9.76. The smallest absolute Gasteiger partial charge is 0.321 e. The number of allylic oxidation sites excluding steroid dienone is 4. The van der Waals surface area contributed by atoms with Gasteiger partial charge in [0.2, 0.25) is 0 Å². The van der Waals surface area contributed by atoms with Crippen molar-refractivity contribution in [1.82, 2.24) is 9.79 Å². The van der Waals surface area contributed by atoms with Crippen molar-refractivity contribution in [2.24, 2.45) is 16.8 Å². The number of amidine groups is 1. The number of aliphatic hydroxyl groups is 1. The molecule has 1 radical (unpaired) electrons. The first-order valence-corrected chi connectivity index (χ1v) is 14.9. The molecule has 0 spiro atoms. The summed E-state index contributed by atoms with van der Waals surface area (Å²) in [6.07, 6.45) is 14.1. The largest absolute Gasteiger partial charge is 0.512 e. The van der Waals surface area contributed by atoms with E-state index < -0.39 is 0 Å². The molecule has 0 bridgehead atoms. The van der Waals surface area contributed by atoms with Gasteiger partial charge in [0.05, 0.1) is 11.4 Å². The molecule has 3 aromatic rings. The minimum Gasteiger partial charge on any atom is -0.512 e. The fraction of sp³-hybridized carbons (Fsp3) is 0.286. The van der Waals surface area contributed by atoms with Crippen LogP contribution >= 0.6 is 0 Å². The third-order valence-electron chi connectivity index (χ3n) is 8.18. The molecule has 3 aliphatic rings. The molecule has 0 unspecified atom stereocenters. The maximum absolute atomic E-state index is 11.7. The minimum absolute atomic E-state index is 0. The van der Waals surface area contributed by atoms with Crippen LogP contribution < -0.4 is 15.7 Å². The second-order valence-electron chi connectivity index (χ2n) is 10.7. The molecule has 43 heavy (non-hydrogen) atoms. The summed E-state index contributed by atoms with van der Waals surface area (Å²) in [5.74, 6) is 3.18. The first-order valence-electron chi connectivity index (χ1n) is 14.9. The van der Waals surface area contributed by atoms with Gasteiger partial charge in [0, 0.05) is 55.5 Å². The quantitative estimate of drug-likeness (QED) is 0.117. The van der Waals surface area contributed by atoms with Gasteiger partial charge in [-0.25, -0.2) is 0 Å². The molecule has 0 saturated carbocycles. The van der Waals surface area contributed by atoms with Crippen molar-refractivity contribution >= 4 is 40.7 Å². The summed E-state index contributed by atoms with van der Waals surface area (Å²) < 4.78 is 6.16. The summed E-state index contributed by atoms with van der Waals surface area (Å²) in [4.78, 5) is 23.2. The van der Waals surface area contributed by atoms with Crippen LogP contribution in [0.4, 0.5) is 5.69 Å². The number of ketones is 1. The topological polar surface area (TPSA) is 75.0 Å². The van der Waals surface area contributed by atoms with Crippen LogP contribution in [0.3, 0.4) is 0 Å². The minimum atomic E-state index is 0. The second-order valence-corrected chi connectivity index (χ2v) is 10.7. The number of fused-ring (bicyclic) bond motifs is 4. The molecule has 223 valence electrons. The maximum atomic E-state index is 11.7. The van der Waals surface area contributed by atoms with Crippen LogP contribution in [-0.4, -0.2) is 33.4 Å². The zero-order valence-corrected chi connectivity index (χ0v) is 27.5. The second kappa shape index (κ2) is 14.6. The molecular weight excluding hydrogens is 713 g/mol. The number of hydrogen-bond acceptors (Lipinski definition) is 6. The fourth-order valence-electron chi connectivity index (χ4n) is 5.68. The number of ether oxygens (including phenoxy) is 1. The average Bonchev–Trinajstić information content (AvgIpc) is 3.02. The van der Waals surface area contributed by atoms with Crippen molar-refractivity contribution < 1.29 is 34.7 Å². The Kier molecular flexibility index (Phi) is 11.0. The van der Waals surface area contributed by atoms with E-state index in [0.29, 0.717) is 0 Å². The van der Waals surface area contributed by atoms with Gasteiger partial charge in [-0.05, 0) is 61.1 Å². The van der Waals surface area contributed by atoms with Crippen LogP contribution in [-0.2, 0) is 24.9 Å². The summed E-state index contributed by atoms with van der Waals surface area (Å²) >= 11 is 0. The van der Waals surface area contributed by atoms with Gasteiger partial charge in [-0.3, -0.25) is 9.79 Å². The van der Waals surface area contributed by atoms with Gasteiger partial charge in [0.25, 0.3) is 0 Å². The van der Waals surface area contributed by atoms with Crippen LogP contribution in [0, 0.1) is 17.9 Å². The van der Waals surface area contributed by atoms with Gasteiger partial charge in [0.1, 0.15) is 11.5 Å². The van der Waals surface area contributed by atoms with E-state index in [-0.39, 0.29) is 50.3 Å². The Bertz CT molecular complexity index is 1560. The number of aliphatic hydroxyl groups excluding tert-OH is 1. The molecule has 1 N–H and O–H groups in total. The Morgan fingerprint density at radius 2 is 1.65 bits per heavy atom. The van der Waals surface area contributed by atoms with E-state index in [1.807, 2.05) is 82.3 Å². The van der Waals surface area contributed by atoms with Gasteiger partial charge in [0.15, 0.2) is 5.78 Å². The molecule has 3 aliphatic heterocycles. The predicted molar refractivity (Wildman–Crippen MR) is 171 cm³/mol. The summed E-state index contributed by atoms with van der Waals surface area (Å²) in [5.41, 5.74) is 5.03. The zero-order chi connectivity index (χ0) is 29.6. The van der Waals surface area contributed by atoms with Gasteiger partial charge in [-0.1, -0.05) is 70.3 Å². The first-order chi connectivity index (χ1) is 20.5. The zero-order valence-electron chi connectivity index (χ0n) is 25.1. The van der Waals surface area contributed by atoms with E-state index in [1.54, 1.807) is 6.20 Å². The number of nitrogens with zero attached hydrogens (tertiary/aromatic N) is 3. The Morgan fingerprint density at radius 3 is 2.35 bits per heavy atom. The van der Waals surface area contributed by atoms with E-state index in [2.05, 4.69) is 34.2 Å². The molecule has 6 rings (SSSR count). The maximum Gasteiger partial charge on any atom is 0.321 e. The van der Waals surface area contributed by atoms with Gasteiger partial charge in [-0.2, -0.15) is 0 Å². The Balaban J connectivity index is 0.000000230. The Labute approximate surface area is 268 Å². The van der Waals surface area contributed by atoms with E-state index in [9.17, 15) is 9.90 Å². The number of para-hydroxylation sites is 1. The Hall–Kier alpha value is -3.74. The van der Waals surface area contributed by atoms with Crippen LogP contribution in [0.1, 0.15) is 59.1 Å². The summed E-state index contributed by atoms with van der Waals surface area (Å²) in [6, 6.07) is 20.1. The van der Waals surface area contributed by atoms with Gasteiger partial charge < -0.3 is 19.6 Å². The van der Waals surface area contributed by atoms with Crippen molar-refractivity contribution in [3.8, 4) is 11.5 Å². The van der Waals surface area contributed by atoms with E-state index in [4.69, 9.17) is 9.73 Å². The molecule has 0 aliphatic carbocycles. The molecule has 1 aromatic heterocycles. The van der Waals surface area contributed by atoms with Crippen molar-refractivity contribution in [1.29, 1.82) is 0 Å². The van der Waals surface area contributed by atoms with Gasteiger partial charge in [-0.15, -0.1) is 17.7 Å². The van der Waals surface area contributed by atoms with E-state index in [0.717, 1.165) is 70.9 Å². The third-order valence-corrected chi connectivity index (χ3v) is 8.18. The number of benzene rings is 2. The monoisotopic (exact) mass is 751 g/mol. The van der Waals surface area contributed by atoms with Crippen molar-refractivity contribution in [2.75, 3.05) is 0 Å². The molecule has 2 aromatic carbocycles. The number of rotatable bonds is 8. The number of hydrogen-bond donors (Lipinski definition) is 1. The van der Waals surface area contributed by atoms with Gasteiger partial charge >= 0.3 is 6.85 Å². The average molecular weight is 751 g/mol. The number of carbonyl (C=O) groups is 1. The first kappa shape index (κ1) is 32.2. The van der Waals surface area contributed by atoms with Crippen molar-refractivity contribution in [3.05, 3.63) is 103 Å². The predicted octanol–water partition coefficient (Wildman–Crippen LogP) is 6.92. The number of aromatic nitrogens is 1.